The molecule has 0 radical (unpaired) electrons. The van der Waals surface area contributed by atoms with Gasteiger partial charge in [0.1, 0.15) is 5.82 Å². The van der Waals surface area contributed by atoms with Gasteiger partial charge in [0.15, 0.2) is 0 Å². The van der Waals surface area contributed by atoms with E-state index in [-0.39, 0.29) is 10.9 Å². The van der Waals surface area contributed by atoms with Crippen LogP contribution in [0, 0.1) is 12.7 Å². The molecule has 0 saturated carbocycles. The standard InChI is InChI=1S/C15H14ClFN2O/c1-9-11(3-2-4-14(9)18)8-19-15(20)10-5-6-13(17)12(16)7-10/h2-7H,8,18H2,1H3,(H,19,20). The maximum Gasteiger partial charge on any atom is 0.251 e. The lowest BCUT2D eigenvalue weighted by Gasteiger charge is -2.10. The van der Waals surface area contributed by atoms with Crippen LogP contribution in [0.1, 0.15) is 21.5 Å². The molecule has 0 bridgehead atoms. The molecule has 0 aromatic heterocycles. The monoisotopic (exact) mass is 292 g/mol. The van der Waals surface area contributed by atoms with Gasteiger partial charge >= 0.3 is 0 Å². The van der Waals surface area contributed by atoms with E-state index >= 15 is 0 Å². The van der Waals surface area contributed by atoms with E-state index in [1.807, 2.05) is 19.1 Å². The average molecular weight is 293 g/mol. The van der Waals surface area contributed by atoms with Gasteiger partial charge < -0.3 is 11.1 Å². The number of carbonyl (C=O) groups is 1. The van der Waals surface area contributed by atoms with Crippen molar-refractivity contribution in [3.05, 3.63) is 63.9 Å². The van der Waals surface area contributed by atoms with Crippen molar-refractivity contribution >= 4 is 23.2 Å². The molecule has 3 N–H and O–H groups in total. The molecule has 0 aliphatic rings. The molecule has 104 valence electrons. The third-order valence-electron chi connectivity index (χ3n) is 3.11. The molecule has 0 heterocycles. The second-order valence-electron chi connectivity index (χ2n) is 4.44. The van der Waals surface area contributed by atoms with Crippen molar-refractivity contribution < 1.29 is 9.18 Å². The Morgan fingerprint density at radius 3 is 2.80 bits per heavy atom. The van der Waals surface area contributed by atoms with Gasteiger partial charge in [0.05, 0.1) is 5.02 Å². The number of nitrogen functional groups attached to an aromatic ring is 1. The number of hydrogen-bond donors (Lipinski definition) is 2. The third kappa shape index (κ3) is 3.08. The zero-order valence-corrected chi connectivity index (χ0v) is 11.7. The van der Waals surface area contributed by atoms with E-state index in [2.05, 4.69) is 5.32 Å². The third-order valence-corrected chi connectivity index (χ3v) is 3.40. The molecule has 0 saturated heterocycles. The van der Waals surface area contributed by atoms with E-state index in [9.17, 15) is 9.18 Å². The number of halogens is 2. The predicted octanol–water partition coefficient (Wildman–Crippen LogP) is 3.30. The van der Waals surface area contributed by atoms with Gasteiger partial charge in [0.2, 0.25) is 0 Å². The minimum atomic E-state index is -0.546. The number of rotatable bonds is 3. The molecular formula is C15H14ClFN2O. The Morgan fingerprint density at radius 1 is 1.35 bits per heavy atom. The van der Waals surface area contributed by atoms with Crippen LogP contribution >= 0.6 is 11.6 Å². The first kappa shape index (κ1) is 14.3. The molecule has 20 heavy (non-hydrogen) atoms. The first-order valence-corrected chi connectivity index (χ1v) is 6.44. The number of nitrogens with two attached hydrogens (primary N) is 1. The second kappa shape index (κ2) is 5.92. The van der Waals surface area contributed by atoms with Crippen molar-refractivity contribution in [2.45, 2.75) is 13.5 Å². The summed E-state index contributed by atoms with van der Waals surface area (Å²) in [6.45, 7) is 2.25. The van der Waals surface area contributed by atoms with Gasteiger partial charge in [-0.1, -0.05) is 23.7 Å². The normalized spacial score (nSPS) is 10.3. The highest BCUT2D eigenvalue weighted by molar-refractivity contribution is 6.31. The van der Waals surface area contributed by atoms with Gasteiger partial charge in [-0.2, -0.15) is 0 Å². The van der Waals surface area contributed by atoms with Crippen LogP contribution in [0.5, 0.6) is 0 Å². The molecule has 0 spiro atoms. The fraction of sp³-hybridized carbons (Fsp3) is 0.133. The van der Waals surface area contributed by atoms with Crippen LogP contribution in [-0.4, -0.2) is 5.91 Å². The van der Waals surface area contributed by atoms with Gasteiger partial charge in [-0.05, 0) is 42.3 Å². The lowest BCUT2D eigenvalue weighted by atomic mass is 10.1. The second-order valence-corrected chi connectivity index (χ2v) is 4.85. The average Bonchev–Trinajstić information content (AvgIpc) is 2.43. The van der Waals surface area contributed by atoms with E-state index < -0.39 is 5.82 Å². The number of anilines is 1. The first-order valence-electron chi connectivity index (χ1n) is 6.06. The van der Waals surface area contributed by atoms with E-state index in [1.165, 1.54) is 18.2 Å². The van der Waals surface area contributed by atoms with Crippen molar-refractivity contribution in [3.8, 4) is 0 Å². The van der Waals surface area contributed by atoms with Crippen molar-refractivity contribution in [1.82, 2.24) is 5.32 Å². The zero-order chi connectivity index (χ0) is 14.7. The van der Waals surface area contributed by atoms with Gasteiger partial charge in [-0.3, -0.25) is 4.79 Å². The number of hydrogen-bond acceptors (Lipinski definition) is 2. The van der Waals surface area contributed by atoms with Gasteiger partial charge in [-0.25, -0.2) is 4.39 Å². The largest absolute Gasteiger partial charge is 0.399 e. The van der Waals surface area contributed by atoms with Crippen LogP contribution in [0.4, 0.5) is 10.1 Å². The smallest absolute Gasteiger partial charge is 0.251 e. The minimum Gasteiger partial charge on any atom is -0.399 e. The van der Waals surface area contributed by atoms with Crippen molar-refractivity contribution in [2.75, 3.05) is 5.73 Å². The van der Waals surface area contributed by atoms with E-state index in [0.717, 1.165) is 11.1 Å². The maximum atomic E-state index is 13.0. The maximum absolute atomic E-state index is 13.0. The van der Waals surface area contributed by atoms with Crippen LogP contribution in [0.15, 0.2) is 36.4 Å². The Labute approximate surface area is 121 Å². The van der Waals surface area contributed by atoms with Crippen molar-refractivity contribution in [1.29, 1.82) is 0 Å². The summed E-state index contributed by atoms with van der Waals surface area (Å²) in [5.74, 6) is -0.858. The zero-order valence-electron chi connectivity index (χ0n) is 10.9. The summed E-state index contributed by atoms with van der Waals surface area (Å²) in [6.07, 6.45) is 0. The summed E-state index contributed by atoms with van der Waals surface area (Å²) < 4.78 is 13.0. The van der Waals surface area contributed by atoms with Crippen LogP contribution in [0.25, 0.3) is 0 Å². The number of nitrogens with one attached hydrogen (secondary N) is 1. The molecule has 0 fully saturated rings. The highest BCUT2D eigenvalue weighted by Crippen LogP contribution is 2.17. The molecule has 2 rings (SSSR count). The molecule has 0 atom stereocenters. The van der Waals surface area contributed by atoms with E-state index in [0.29, 0.717) is 17.8 Å². The van der Waals surface area contributed by atoms with Gasteiger partial charge in [-0.15, -0.1) is 0 Å². The Balaban J connectivity index is 2.08. The number of amides is 1. The molecule has 0 unspecified atom stereocenters. The summed E-state index contributed by atoms with van der Waals surface area (Å²) in [5, 5.41) is 2.68. The highest BCUT2D eigenvalue weighted by atomic mass is 35.5. The predicted molar refractivity (Wildman–Crippen MR) is 78.2 cm³/mol. The molecule has 2 aromatic carbocycles. The van der Waals surface area contributed by atoms with Gasteiger partial charge in [0.25, 0.3) is 5.91 Å². The molecule has 5 heteroatoms. The highest BCUT2D eigenvalue weighted by Gasteiger charge is 2.09. The fourth-order valence-corrected chi connectivity index (χ4v) is 1.99. The summed E-state index contributed by atoms with van der Waals surface area (Å²) in [4.78, 5) is 12.0. The molecule has 2 aromatic rings. The fourth-order valence-electron chi connectivity index (χ4n) is 1.81. The summed E-state index contributed by atoms with van der Waals surface area (Å²) in [7, 11) is 0. The summed E-state index contributed by atoms with van der Waals surface area (Å²) >= 11 is 5.65. The topological polar surface area (TPSA) is 55.1 Å². The van der Waals surface area contributed by atoms with Crippen LogP contribution < -0.4 is 11.1 Å². The van der Waals surface area contributed by atoms with E-state index in [4.69, 9.17) is 17.3 Å². The van der Waals surface area contributed by atoms with Gasteiger partial charge in [0, 0.05) is 17.8 Å². The Hall–Kier alpha value is -2.07. The quantitative estimate of drug-likeness (QED) is 0.853. The summed E-state index contributed by atoms with van der Waals surface area (Å²) in [5.41, 5.74) is 8.67. The van der Waals surface area contributed by atoms with Crippen LogP contribution in [0.2, 0.25) is 5.02 Å². The van der Waals surface area contributed by atoms with Crippen LogP contribution in [-0.2, 0) is 6.54 Å². The molecule has 0 aliphatic heterocycles. The Bertz CT molecular complexity index is 658. The van der Waals surface area contributed by atoms with E-state index in [1.54, 1.807) is 6.07 Å². The van der Waals surface area contributed by atoms with Crippen molar-refractivity contribution in [3.63, 3.8) is 0 Å². The molecule has 3 nitrogen and oxygen atoms in total. The minimum absolute atomic E-state index is 0.0715. The SMILES string of the molecule is Cc1c(N)cccc1CNC(=O)c1ccc(F)c(Cl)c1. The lowest BCUT2D eigenvalue weighted by Crippen LogP contribution is -2.23. The number of benzene rings is 2. The Morgan fingerprint density at radius 2 is 2.10 bits per heavy atom. The Kier molecular flexibility index (Phi) is 4.25. The van der Waals surface area contributed by atoms with Crippen LogP contribution in [0.3, 0.4) is 0 Å². The summed E-state index contributed by atoms with van der Waals surface area (Å²) in [6, 6.07) is 9.40. The molecule has 0 aliphatic carbocycles. The number of carbonyl (C=O) groups excluding carboxylic acids is 1. The van der Waals surface area contributed by atoms with Crippen molar-refractivity contribution in [2.24, 2.45) is 0 Å². The molecule has 1 amide bonds. The lowest BCUT2D eigenvalue weighted by molar-refractivity contribution is 0.0951. The first-order chi connectivity index (χ1) is 9.49. The molecular weight excluding hydrogens is 279 g/mol.